The van der Waals surface area contributed by atoms with Crippen LogP contribution in [0.25, 0.3) is 0 Å². The molecular weight excluding hydrogens is 232 g/mol. The summed E-state index contributed by atoms with van der Waals surface area (Å²) in [6.07, 6.45) is 6.64. The molecule has 0 radical (unpaired) electrons. The average molecular weight is 248 g/mol. The summed E-state index contributed by atoms with van der Waals surface area (Å²) in [6.45, 7) is 1.43. The van der Waals surface area contributed by atoms with E-state index in [-0.39, 0.29) is 18.3 Å². The lowest BCUT2D eigenvalue weighted by molar-refractivity contribution is -0.141. The van der Waals surface area contributed by atoms with Crippen LogP contribution in [-0.4, -0.2) is 33.4 Å². The Kier molecular flexibility index (Phi) is 7.60. The van der Waals surface area contributed by atoms with Crippen molar-refractivity contribution >= 4 is 16.1 Å². The van der Waals surface area contributed by atoms with Crippen molar-refractivity contribution in [1.29, 1.82) is 0 Å². The first-order valence-corrected chi connectivity index (χ1v) is 6.49. The van der Waals surface area contributed by atoms with E-state index in [1.807, 2.05) is 0 Å². The maximum absolute atomic E-state index is 11.1. The highest BCUT2D eigenvalue weighted by atomic mass is 32.2. The van der Waals surface area contributed by atoms with Crippen LogP contribution < -0.4 is 0 Å². The van der Waals surface area contributed by atoms with E-state index < -0.39 is 10.1 Å². The van der Waals surface area contributed by atoms with E-state index in [1.165, 1.54) is 6.92 Å². The molecule has 0 atom stereocenters. The minimum Gasteiger partial charge on any atom is -0.466 e. The number of rotatable bonds is 8. The quantitative estimate of drug-likeness (QED) is 0.274. The summed E-state index contributed by atoms with van der Waals surface area (Å²) in [5, 5.41) is 0. The predicted molar refractivity (Wildman–Crippen MR) is 59.1 cm³/mol. The van der Waals surface area contributed by atoms with Crippen molar-refractivity contribution in [2.75, 3.05) is 19.0 Å². The van der Waals surface area contributed by atoms with E-state index in [2.05, 4.69) is 10.1 Å². The van der Waals surface area contributed by atoms with Gasteiger partial charge in [0.25, 0.3) is 10.1 Å². The zero-order valence-electron chi connectivity index (χ0n) is 9.27. The van der Waals surface area contributed by atoms with Crippen molar-refractivity contribution in [3.05, 3.63) is 0 Å². The third-order valence-corrected chi connectivity index (χ3v) is 2.93. The summed E-state index contributed by atoms with van der Waals surface area (Å²) in [5.74, 6) is 1.70. The monoisotopic (exact) mass is 248 g/mol. The van der Waals surface area contributed by atoms with Crippen LogP contribution in [0.5, 0.6) is 0 Å². The van der Waals surface area contributed by atoms with Gasteiger partial charge >= 0.3 is 5.97 Å². The summed E-state index contributed by atoms with van der Waals surface area (Å²) in [5.41, 5.74) is 0. The van der Waals surface area contributed by atoms with Gasteiger partial charge in [-0.2, -0.15) is 8.42 Å². The molecule has 0 aliphatic carbocycles. The second-order valence-corrected chi connectivity index (χ2v) is 4.89. The van der Waals surface area contributed by atoms with Crippen LogP contribution in [0.4, 0.5) is 0 Å². The third kappa shape index (κ3) is 9.49. The highest BCUT2D eigenvalue weighted by Crippen LogP contribution is 2.02. The van der Waals surface area contributed by atoms with Crippen molar-refractivity contribution in [3.8, 4) is 12.3 Å². The second-order valence-electron chi connectivity index (χ2n) is 3.13. The maximum atomic E-state index is 11.1. The molecular formula is C10H16O5S. The molecule has 5 nitrogen and oxygen atoms in total. The van der Waals surface area contributed by atoms with Gasteiger partial charge < -0.3 is 4.74 Å². The topological polar surface area (TPSA) is 69.7 Å². The lowest BCUT2D eigenvalue weighted by atomic mass is 10.3. The molecule has 6 heteroatoms. The fourth-order valence-corrected chi connectivity index (χ4v) is 1.88. The molecule has 0 aliphatic rings. The van der Waals surface area contributed by atoms with Gasteiger partial charge in [-0.15, -0.1) is 6.42 Å². The van der Waals surface area contributed by atoms with Crippen molar-refractivity contribution in [3.63, 3.8) is 0 Å². The molecule has 0 unspecified atom stereocenters. The SMILES string of the molecule is C#CCOS(=O)(=O)CCCCCOC(C)=O. The van der Waals surface area contributed by atoms with Crippen molar-refractivity contribution in [2.45, 2.75) is 26.2 Å². The number of esters is 1. The fourth-order valence-electron chi connectivity index (χ4n) is 0.956. The molecule has 0 aromatic rings. The van der Waals surface area contributed by atoms with Crippen LogP contribution in [0.3, 0.4) is 0 Å². The Bertz CT molecular complexity index is 339. The summed E-state index contributed by atoms with van der Waals surface area (Å²) in [4.78, 5) is 10.4. The van der Waals surface area contributed by atoms with E-state index in [9.17, 15) is 13.2 Å². The van der Waals surface area contributed by atoms with Gasteiger partial charge in [0.15, 0.2) is 0 Å². The van der Waals surface area contributed by atoms with Gasteiger partial charge in [0.2, 0.25) is 0 Å². The van der Waals surface area contributed by atoms with Crippen LogP contribution in [-0.2, 0) is 23.8 Å². The van der Waals surface area contributed by atoms with Gasteiger partial charge in [-0.1, -0.05) is 5.92 Å². The lowest BCUT2D eigenvalue weighted by Crippen LogP contribution is -2.11. The molecule has 0 heterocycles. The van der Waals surface area contributed by atoms with E-state index in [0.717, 1.165) is 0 Å². The molecule has 0 saturated heterocycles. The van der Waals surface area contributed by atoms with Gasteiger partial charge in [-0.25, -0.2) is 0 Å². The normalized spacial score (nSPS) is 10.8. The Labute approximate surface area is 96.2 Å². The number of carbonyl (C=O) groups is 1. The molecule has 0 rings (SSSR count). The Hall–Kier alpha value is -1.06. The number of hydrogen-bond donors (Lipinski definition) is 0. The predicted octanol–water partition coefficient (Wildman–Crippen LogP) is 0.699. The Balaban J connectivity index is 3.51. The van der Waals surface area contributed by atoms with E-state index in [4.69, 9.17) is 11.2 Å². The van der Waals surface area contributed by atoms with Crippen LogP contribution in [0.2, 0.25) is 0 Å². The highest BCUT2D eigenvalue weighted by Gasteiger charge is 2.09. The minimum atomic E-state index is -3.50. The molecule has 0 aromatic carbocycles. The first-order valence-electron chi connectivity index (χ1n) is 4.92. The standard InChI is InChI=1S/C10H16O5S/c1-3-7-15-16(12,13)9-6-4-5-8-14-10(2)11/h1H,4-9H2,2H3. The van der Waals surface area contributed by atoms with Crippen LogP contribution in [0.1, 0.15) is 26.2 Å². The zero-order valence-corrected chi connectivity index (χ0v) is 10.1. The van der Waals surface area contributed by atoms with Crippen LogP contribution >= 0.6 is 0 Å². The van der Waals surface area contributed by atoms with Gasteiger partial charge in [-0.3, -0.25) is 8.98 Å². The fraction of sp³-hybridized carbons (Fsp3) is 0.700. The third-order valence-electron chi connectivity index (χ3n) is 1.67. The molecule has 0 saturated carbocycles. The Morgan fingerprint density at radius 1 is 1.31 bits per heavy atom. The Morgan fingerprint density at radius 3 is 2.56 bits per heavy atom. The number of carbonyl (C=O) groups excluding carboxylic acids is 1. The molecule has 0 spiro atoms. The molecule has 92 valence electrons. The zero-order chi connectivity index (χ0) is 12.4. The largest absolute Gasteiger partial charge is 0.466 e. The van der Waals surface area contributed by atoms with Gasteiger partial charge in [0.1, 0.15) is 6.61 Å². The van der Waals surface area contributed by atoms with Crippen LogP contribution in [0.15, 0.2) is 0 Å². The molecule has 0 bridgehead atoms. The lowest BCUT2D eigenvalue weighted by Gasteiger charge is -2.03. The van der Waals surface area contributed by atoms with Crippen molar-refractivity contribution in [1.82, 2.24) is 0 Å². The van der Waals surface area contributed by atoms with Gasteiger partial charge in [0.05, 0.1) is 12.4 Å². The number of unbranched alkanes of at least 4 members (excludes halogenated alkanes) is 2. The Morgan fingerprint density at radius 2 is 2.00 bits per heavy atom. The molecule has 0 fully saturated rings. The first kappa shape index (κ1) is 14.9. The van der Waals surface area contributed by atoms with Gasteiger partial charge in [-0.05, 0) is 19.3 Å². The van der Waals surface area contributed by atoms with E-state index in [0.29, 0.717) is 25.9 Å². The minimum absolute atomic E-state index is 0.0608. The van der Waals surface area contributed by atoms with Crippen molar-refractivity contribution in [2.24, 2.45) is 0 Å². The molecule has 16 heavy (non-hydrogen) atoms. The van der Waals surface area contributed by atoms with E-state index in [1.54, 1.807) is 0 Å². The van der Waals surface area contributed by atoms with Gasteiger partial charge in [0, 0.05) is 6.92 Å². The summed E-state index contributed by atoms with van der Waals surface area (Å²) in [6, 6.07) is 0. The van der Waals surface area contributed by atoms with Crippen molar-refractivity contribution < 1.29 is 22.1 Å². The van der Waals surface area contributed by atoms with E-state index >= 15 is 0 Å². The summed E-state index contributed by atoms with van der Waals surface area (Å²) < 4.78 is 31.4. The summed E-state index contributed by atoms with van der Waals surface area (Å²) >= 11 is 0. The highest BCUT2D eigenvalue weighted by molar-refractivity contribution is 7.86. The number of hydrogen-bond acceptors (Lipinski definition) is 5. The summed E-state index contributed by atoms with van der Waals surface area (Å²) in [7, 11) is -3.50. The average Bonchev–Trinajstić information content (AvgIpc) is 2.20. The molecule has 0 aromatic heterocycles. The maximum Gasteiger partial charge on any atom is 0.302 e. The molecule has 0 N–H and O–H groups in total. The first-order chi connectivity index (χ1) is 7.48. The molecule has 0 amide bonds. The number of ether oxygens (including phenoxy) is 1. The van der Waals surface area contributed by atoms with Crippen LogP contribution in [0, 0.1) is 12.3 Å². The smallest absolute Gasteiger partial charge is 0.302 e. The molecule has 0 aliphatic heterocycles. The second kappa shape index (κ2) is 8.13. The number of terminal acetylenes is 1.